The SMILES string of the molecule is CCCCCCC1OC(C)(OO)C=CC1=O. The molecule has 0 fully saturated rings. The monoisotopic (exact) mass is 228 g/mol. The minimum atomic E-state index is -1.18. The first-order valence-corrected chi connectivity index (χ1v) is 5.85. The van der Waals surface area contributed by atoms with Gasteiger partial charge in [0, 0.05) is 0 Å². The Balaban J connectivity index is 2.42. The molecule has 0 amide bonds. The van der Waals surface area contributed by atoms with Crippen LogP contribution < -0.4 is 0 Å². The van der Waals surface area contributed by atoms with Crippen LogP contribution >= 0.6 is 0 Å². The van der Waals surface area contributed by atoms with Crippen LogP contribution in [0.15, 0.2) is 12.2 Å². The number of carbonyl (C=O) groups excluding carboxylic acids is 1. The maximum Gasteiger partial charge on any atom is 0.218 e. The second kappa shape index (κ2) is 6.13. The summed E-state index contributed by atoms with van der Waals surface area (Å²) in [7, 11) is 0. The zero-order valence-corrected chi connectivity index (χ0v) is 9.94. The summed E-state index contributed by atoms with van der Waals surface area (Å²) in [6.07, 6.45) is 7.44. The molecule has 1 rings (SSSR count). The van der Waals surface area contributed by atoms with Crippen LogP contribution in [0.2, 0.25) is 0 Å². The Kier molecular flexibility index (Phi) is 5.12. The Hall–Kier alpha value is -0.710. The van der Waals surface area contributed by atoms with Gasteiger partial charge in [0.1, 0.15) is 6.10 Å². The minimum absolute atomic E-state index is 0.0500. The van der Waals surface area contributed by atoms with E-state index >= 15 is 0 Å². The Morgan fingerprint density at radius 3 is 2.88 bits per heavy atom. The number of carbonyl (C=O) groups is 1. The van der Waals surface area contributed by atoms with Gasteiger partial charge in [0.2, 0.25) is 5.79 Å². The van der Waals surface area contributed by atoms with E-state index in [2.05, 4.69) is 11.8 Å². The highest BCUT2D eigenvalue weighted by molar-refractivity contribution is 5.94. The summed E-state index contributed by atoms with van der Waals surface area (Å²) in [5, 5.41) is 8.68. The van der Waals surface area contributed by atoms with Gasteiger partial charge in [-0.1, -0.05) is 32.6 Å². The Morgan fingerprint density at radius 1 is 1.50 bits per heavy atom. The molecule has 1 heterocycles. The zero-order chi connectivity index (χ0) is 12.0. The van der Waals surface area contributed by atoms with Gasteiger partial charge in [0.25, 0.3) is 0 Å². The molecule has 0 spiro atoms. The fourth-order valence-corrected chi connectivity index (χ4v) is 1.73. The van der Waals surface area contributed by atoms with Crippen molar-refractivity contribution in [3.05, 3.63) is 12.2 Å². The molecular formula is C12H20O4. The van der Waals surface area contributed by atoms with Gasteiger partial charge in [0.15, 0.2) is 5.78 Å². The molecule has 0 bridgehead atoms. The fraction of sp³-hybridized carbons (Fsp3) is 0.750. The molecule has 16 heavy (non-hydrogen) atoms. The zero-order valence-electron chi connectivity index (χ0n) is 9.94. The molecule has 92 valence electrons. The maximum atomic E-state index is 11.5. The molecule has 0 radical (unpaired) electrons. The average Bonchev–Trinajstić information content (AvgIpc) is 2.29. The molecular weight excluding hydrogens is 208 g/mol. The minimum Gasteiger partial charge on any atom is -0.333 e. The third-order valence-corrected chi connectivity index (χ3v) is 2.75. The first-order chi connectivity index (χ1) is 7.61. The van der Waals surface area contributed by atoms with Gasteiger partial charge in [-0.2, -0.15) is 4.89 Å². The van der Waals surface area contributed by atoms with Crippen LogP contribution in [0.4, 0.5) is 0 Å². The lowest BCUT2D eigenvalue weighted by atomic mass is 10.0. The second-order valence-electron chi connectivity index (χ2n) is 4.30. The van der Waals surface area contributed by atoms with E-state index in [1.807, 2.05) is 0 Å². The van der Waals surface area contributed by atoms with E-state index in [-0.39, 0.29) is 5.78 Å². The number of ketones is 1. The van der Waals surface area contributed by atoms with E-state index in [0.717, 1.165) is 19.3 Å². The number of unbranched alkanes of at least 4 members (excludes halogenated alkanes) is 3. The molecule has 0 saturated heterocycles. The van der Waals surface area contributed by atoms with Crippen molar-refractivity contribution < 1.29 is 19.7 Å². The fourth-order valence-electron chi connectivity index (χ4n) is 1.73. The summed E-state index contributed by atoms with van der Waals surface area (Å²) in [5.41, 5.74) is 0. The molecule has 4 heteroatoms. The number of rotatable bonds is 6. The molecule has 1 aliphatic heterocycles. The van der Waals surface area contributed by atoms with E-state index in [9.17, 15) is 4.79 Å². The van der Waals surface area contributed by atoms with Crippen molar-refractivity contribution in [2.45, 2.75) is 57.8 Å². The van der Waals surface area contributed by atoms with E-state index in [1.54, 1.807) is 6.92 Å². The topological polar surface area (TPSA) is 55.8 Å². The van der Waals surface area contributed by atoms with Crippen LogP contribution in [-0.2, 0) is 14.4 Å². The predicted molar refractivity (Wildman–Crippen MR) is 59.9 cm³/mol. The van der Waals surface area contributed by atoms with Gasteiger partial charge in [-0.25, -0.2) is 5.26 Å². The van der Waals surface area contributed by atoms with Crippen LogP contribution in [-0.4, -0.2) is 22.9 Å². The van der Waals surface area contributed by atoms with Crippen molar-refractivity contribution in [2.24, 2.45) is 0 Å². The number of ether oxygens (including phenoxy) is 1. The lowest BCUT2D eigenvalue weighted by Gasteiger charge is -2.30. The molecule has 0 aromatic heterocycles. The van der Waals surface area contributed by atoms with Crippen molar-refractivity contribution in [3.63, 3.8) is 0 Å². The Morgan fingerprint density at radius 2 is 2.25 bits per heavy atom. The van der Waals surface area contributed by atoms with Crippen LogP contribution in [0, 0.1) is 0 Å². The molecule has 4 nitrogen and oxygen atoms in total. The highest BCUT2D eigenvalue weighted by Crippen LogP contribution is 2.24. The molecule has 1 N–H and O–H groups in total. The molecule has 2 unspecified atom stereocenters. The van der Waals surface area contributed by atoms with Crippen molar-refractivity contribution >= 4 is 5.78 Å². The first-order valence-electron chi connectivity index (χ1n) is 5.85. The summed E-state index contributed by atoms with van der Waals surface area (Å²) in [6, 6.07) is 0. The van der Waals surface area contributed by atoms with E-state index < -0.39 is 11.9 Å². The number of hydrogen-bond donors (Lipinski definition) is 1. The smallest absolute Gasteiger partial charge is 0.218 e. The molecule has 0 aromatic carbocycles. The standard InChI is InChI=1S/C12H20O4/c1-3-4-5-6-7-11-10(13)8-9-12(2,15-11)16-14/h8-9,11,14H,3-7H2,1-2H3. The van der Waals surface area contributed by atoms with Gasteiger partial charge in [-0.3, -0.25) is 4.79 Å². The quantitative estimate of drug-likeness (QED) is 0.431. The predicted octanol–water partition coefficient (Wildman–Crippen LogP) is 2.69. The summed E-state index contributed by atoms with van der Waals surface area (Å²) in [5.74, 6) is -1.23. The van der Waals surface area contributed by atoms with Crippen molar-refractivity contribution in [1.29, 1.82) is 0 Å². The third-order valence-electron chi connectivity index (χ3n) is 2.75. The maximum absolute atomic E-state index is 11.5. The lowest BCUT2D eigenvalue weighted by molar-refractivity contribution is -0.385. The Bertz CT molecular complexity index is 262. The van der Waals surface area contributed by atoms with Crippen LogP contribution in [0.25, 0.3) is 0 Å². The summed E-state index contributed by atoms with van der Waals surface area (Å²) in [4.78, 5) is 15.7. The van der Waals surface area contributed by atoms with Crippen molar-refractivity contribution in [1.82, 2.24) is 0 Å². The van der Waals surface area contributed by atoms with Crippen LogP contribution in [0.1, 0.15) is 46.0 Å². The van der Waals surface area contributed by atoms with E-state index in [4.69, 9.17) is 9.99 Å². The Labute approximate surface area is 96.2 Å². The molecule has 0 aromatic rings. The van der Waals surface area contributed by atoms with Crippen molar-refractivity contribution in [3.8, 4) is 0 Å². The highest BCUT2D eigenvalue weighted by atomic mass is 17.1. The van der Waals surface area contributed by atoms with E-state index in [1.165, 1.54) is 18.6 Å². The summed E-state index contributed by atoms with van der Waals surface area (Å²) in [6.45, 7) is 3.72. The van der Waals surface area contributed by atoms with Crippen LogP contribution in [0.3, 0.4) is 0 Å². The molecule has 0 aliphatic carbocycles. The van der Waals surface area contributed by atoms with Gasteiger partial charge in [-0.05, 0) is 25.5 Å². The second-order valence-corrected chi connectivity index (χ2v) is 4.30. The van der Waals surface area contributed by atoms with E-state index in [0.29, 0.717) is 6.42 Å². The molecule has 1 aliphatic rings. The van der Waals surface area contributed by atoms with Crippen molar-refractivity contribution in [2.75, 3.05) is 0 Å². The highest BCUT2D eigenvalue weighted by Gasteiger charge is 2.34. The average molecular weight is 228 g/mol. The summed E-state index contributed by atoms with van der Waals surface area (Å²) < 4.78 is 5.41. The normalized spacial score (nSPS) is 29.7. The lowest BCUT2D eigenvalue weighted by Crippen LogP contribution is -2.41. The summed E-state index contributed by atoms with van der Waals surface area (Å²) >= 11 is 0. The third kappa shape index (κ3) is 3.70. The van der Waals surface area contributed by atoms with Gasteiger partial charge >= 0.3 is 0 Å². The van der Waals surface area contributed by atoms with Crippen LogP contribution in [0.5, 0.6) is 0 Å². The first kappa shape index (κ1) is 13.4. The molecule has 0 saturated carbocycles. The largest absolute Gasteiger partial charge is 0.333 e. The van der Waals surface area contributed by atoms with Gasteiger partial charge < -0.3 is 4.74 Å². The number of hydrogen-bond acceptors (Lipinski definition) is 4. The van der Waals surface area contributed by atoms with Gasteiger partial charge in [-0.15, -0.1) is 0 Å². The van der Waals surface area contributed by atoms with Gasteiger partial charge in [0.05, 0.1) is 0 Å². The molecule has 2 atom stereocenters.